The highest BCUT2D eigenvalue weighted by atomic mass is 35.5. The van der Waals surface area contributed by atoms with Crippen molar-refractivity contribution in [3.05, 3.63) is 28.9 Å². The average molecular weight is 394 g/mol. The molecule has 26 heavy (non-hydrogen) atoms. The lowest BCUT2D eigenvalue weighted by atomic mass is 10.0. The number of anilines is 1. The van der Waals surface area contributed by atoms with Crippen molar-refractivity contribution < 1.29 is 14.6 Å². The number of methoxy groups -OCH3 is 2. The summed E-state index contributed by atoms with van der Waals surface area (Å²) in [6, 6.07) is 5.78. The number of hydrogen-bond acceptors (Lipinski definition) is 7. The molecule has 6 nitrogen and oxygen atoms in total. The second-order valence-corrected chi connectivity index (χ2v) is 6.71. The molecule has 1 N–H and O–H groups in total. The van der Waals surface area contributed by atoms with E-state index in [-0.39, 0.29) is 11.9 Å². The molecule has 0 spiro atoms. The molecule has 0 aliphatic carbocycles. The molecule has 0 saturated carbocycles. The van der Waals surface area contributed by atoms with Crippen LogP contribution in [0.25, 0.3) is 21.3 Å². The largest absolute Gasteiger partial charge is 0.493 e. The first-order chi connectivity index (χ1) is 12.6. The number of rotatable bonds is 7. The summed E-state index contributed by atoms with van der Waals surface area (Å²) in [7, 11) is 3.22. The van der Waals surface area contributed by atoms with Gasteiger partial charge in [-0.05, 0) is 36.2 Å². The van der Waals surface area contributed by atoms with Gasteiger partial charge in [-0.15, -0.1) is 11.3 Å². The number of aliphatic hydroxyl groups is 1. The highest BCUT2D eigenvalue weighted by Gasteiger charge is 2.19. The molecule has 0 atom stereocenters. The first kappa shape index (κ1) is 18.7. The number of nitrogens with zero attached hydrogens (tertiary/aromatic N) is 3. The minimum atomic E-state index is 0.0345. The molecule has 8 heteroatoms. The van der Waals surface area contributed by atoms with E-state index in [4.69, 9.17) is 21.1 Å². The van der Waals surface area contributed by atoms with Crippen LogP contribution in [-0.4, -0.2) is 49.0 Å². The Hall–Kier alpha value is -2.09. The van der Waals surface area contributed by atoms with E-state index in [1.165, 1.54) is 11.3 Å². The molecule has 0 aliphatic heterocycles. The van der Waals surface area contributed by atoms with Gasteiger partial charge in [0.2, 0.25) is 5.28 Å². The Kier molecular flexibility index (Phi) is 5.80. The summed E-state index contributed by atoms with van der Waals surface area (Å²) in [4.78, 5) is 11.6. The number of fused-ring (bicyclic) bond motifs is 1. The Balaban J connectivity index is 2.21. The second-order valence-electron chi connectivity index (χ2n) is 5.52. The molecule has 3 aromatic rings. The zero-order chi connectivity index (χ0) is 18.7. The summed E-state index contributed by atoms with van der Waals surface area (Å²) < 4.78 is 10.7. The number of likely N-dealkylation sites (N-methyl/N-ethyl adjacent to an activating group) is 1. The normalized spacial score (nSPS) is 11.0. The Morgan fingerprint density at radius 2 is 1.96 bits per heavy atom. The van der Waals surface area contributed by atoms with E-state index < -0.39 is 0 Å². The van der Waals surface area contributed by atoms with Crippen LogP contribution in [0.3, 0.4) is 0 Å². The van der Waals surface area contributed by atoms with Gasteiger partial charge in [-0.25, -0.2) is 4.98 Å². The Morgan fingerprint density at radius 3 is 2.62 bits per heavy atom. The number of halogens is 1. The van der Waals surface area contributed by atoms with Gasteiger partial charge in [-0.3, -0.25) is 0 Å². The van der Waals surface area contributed by atoms with Crippen molar-refractivity contribution in [1.29, 1.82) is 0 Å². The first-order valence-corrected chi connectivity index (χ1v) is 9.41. The zero-order valence-electron chi connectivity index (χ0n) is 14.8. The molecule has 0 unspecified atom stereocenters. The van der Waals surface area contributed by atoms with Gasteiger partial charge in [0.05, 0.1) is 26.2 Å². The van der Waals surface area contributed by atoms with Gasteiger partial charge >= 0.3 is 0 Å². The van der Waals surface area contributed by atoms with Crippen molar-refractivity contribution >= 4 is 39.0 Å². The Morgan fingerprint density at radius 1 is 1.19 bits per heavy atom. The van der Waals surface area contributed by atoms with Crippen molar-refractivity contribution in [2.45, 2.75) is 6.92 Å². The van der Waals surface area contributed by atoms with Crippen LogP contribution in [0, 0.1) is 0 Å². The maximum absolute atomic E-state index is 9.39. The average Bonchev–Trinajstić information content (AvgIpc) is 3.08. The molecule has 0 amide bonds. The lowest BCUT2D eigenvalue weighted by Crippen LogP contribution is -2.27. The number of aromatic nitrogens is 2. The SMILES string of the molecule is CCN(CCO)c1nc(Cl)nc2scc(-c3ccc(OC)c(OC)c3)c12. The van der Waals surface area contributed by atoms with E-state index in [9.17, 15) is 5.11 Å². The van der Waals surface area contributed by atoms with E-state index >= 15 is 0 Å². The number of thiophene rings is 1. The molecular weight excluding hydrogens is 374 g/mol. The fraction of sp³-hybridized carbons (Fsp3) is 0.333. The minimum absolute atomic E-state index is 0.0345. The van der Waals surface area contributed by atoms with Crippen LogP contribution in [0.2, 0.25) is 5.28 Å². The van der Waals surface area contributed by atoms with E-state index in [1.807, 2.05) is 35.4 Å². The van der Waals surface area contributed by atoms with Crippen LogP contribution in [0.4, 0.5) is 5.82 Å². The third-order valence-corrected chi connectivity index (χ3v) is 5.17. The van der Waals surface area contributed by atoms with Crippen molar-refractivity contribution in [3.8, 4) is 22.6 Å². The van der Waals surface area contributed by atoms with Gasteiger partial charge in [0.15, 0.2) is 11.5 Å². The number of aliphatic hydroxyl groups excluding tert-OH is 1. The highest BCUT2D eigenvalue weighted by molar-refractivity contribution is 7.17. The fourth-order valence-corrected chi connectivity index (χ4v) is 4.03. The molecule has 0 aliphatic rings. The van der Waals surface area contributed by atoms with Gasteiger partial charge in [0, 0.05) is 24.0 Å². The number of hydrogen-bond donors (Lipinski definition) is 1. The van der Waals surface area contributed by atoms with Crippen LogP contribution in [-0.2, 0) is 0 Å². The monoisotopic (exact) mass is 393 g/mol. The summed E-state index contributed by atoms with van der Waals surface area (Å²) in [6.45, 7) is 3.22. The zero-order valence-corrected chi connectivity index (χ0v) is 16.4. The van der Waals surface area contributed by atoms with Gasteiger partial charge in [-0.1, -0.05) is 6.07 Å². The van der Waals surface area contributed by atoms with Crippen LogP contribution in [0.15, 0.2) is 23.6 Å². The van der Waals surface area contributed by atoms with Crippen LogP contribution in [0.1, 0.15) is 6.92 Å². The van der Waals surface area contributed by atoms with E-state index in [2.05, 4.69) is 9.97 Å². The van der Waals surface area contributed by atoms with Crippen LogP contribution >= 0.6 is 22.9 Å². The molecule has 0 fully saturated rings. The smallest absolute Gasteiger partial charge is 0.225 e. The molecule has 0 saturated heterocycles. The molecule has 2 heterocycles. The third kappa shape index (κ3) is 3.42. The highest BCUT2D eigenvalue weighted by Crippen LogP contribution is 2.41. The van der Waals surface area contributed by atoms with Gasteiger partial charge in [0.25, 0.3) is 0 Å². The quantitative estimate of drug-likeness (QED) is 0.615. The van der Waals surface area contributed by atoms with Gasteiger partial charge in [-0.2, -0.15) is 4.98 Å². The predicted octanol–water partition coefficient (Wildman–Crippen LogP) is 3.85. The standard InChI is InChI=1S/C18H20ClN3O3S/c1-4-22(7-8-23)16-15-12(10-26-17(15)21-18(19)20-16)11-5-6-13(24-2)14(9-11)25-3/h5-6,9-10,23H,4,7-8H2,1-3H3. The topological polar surface area (TPSA) is 67.7 Å². The molecule has 3 rings (SSSR count). The summed E-state index contributed by atoms with van der Waals surface area (Å²) in [6.07, 6.45) is 0. The molecular formula is C18H20ClN3O3S. The molecule has 138 valence electrons. The maximum Gasteiger partial charge on any atom is 0.225 e. The number of benzene rings is 1. The summed E-state index contributed by atoms with van der Waals surface area (Å²) >= 11 is 7.64. The maximum atomic E-state index is 9.39. The summed E-state index contributed by atoms with van der Waals surface area (Å²) in [5.74, 6) is 2.05. The lowest BCUT2D eigenvalue weighted by molar-refractivity contribution is 0.302. The van der Waals surface area contributed by atoms with Crippen molar-refractivity contribution in [2.24, 2.45) is 0 Å². The third-order valence-electron chi connectivity index (χ3n) is 4.13. The minimum Gasteiger partial charge on any atom is -0.493 e. The first-order valence-electron chi connectivity index (χ1n) is 8.15. The van der Waals surface area contributed by atoms with Crippen molar-refractivity contribution in [1.82, 2.24) is 9.97 Å². The molecule has 1 aromatic carbocycles. The van der Waals surface area contributed by atoms with Crippen LogP contribution in [0.5, 0.6) is 11.5 Å². The van der Waals surface area contributed by atoms with E-state index in [1.54, 1.807) is 14.2 Å². The van der Waals surface area contributed by atoms with Crippen molar-refractivity contribution in [3.63, 3.8) is 0 Å². The van der Waals surface area contributed by atoms with Crippen molar-refractivity contribution in [2.75, 3.05) is 38.8 Å². The molecule has 0 bridgehead atoms. The summed E-state index contributed by atoms with van der Waals surface area (Å²) in [5, 5.41) is 12.5. The second kappa shape index (κ2) is 8.07. The fourth-order valence-electron chi connectivity index (χ4n) is 2.88. The van der Waals surface area contributed by atoms with Gasteiger partial charge in [0.1, 0.15) is 10.6 Å². The summed E-state index contributed by atoms with van der Waals surface area (Å²) in [5.41, 5.74) is 1.97. The van der Waals surface area contributed by atoms with E-state index in [0.717, 1.165) is 27.2 Å². The molecule has 0 radical (unpaired) electrons. The van der Waals surface area contributed by atoms with E-state index in [0.29, 0.717) is 24.6 Å². The Bertz CT molecular complexity index is 916. The lowest BCUT2D eigenvalue weighted by Gasteiger charge is -2.22. The van der Waals surface area contributed by atoms with Crippen LogP contribution < -0.4 is 14.4 Å². The van der Waals surface area contributed by atoms with Gasteiger partial charge < -0.3 is 19.5 Å². The number of ether oxygens (including phenoxy) is 2. The molecule has 2 aromatic heterocycles. The Labute approximate surface area is 161 Å². The predicted molar refractivity (Wildman–Crippen MR) is 106 cm³/mol.